The Morgan fingerprint density at radius 2 is 2.13 bits per heavy atom. The molecule has 6 heteroatoms. The summed E-state index contributed by atoms with van der Waals surface area (Å²) in [5.74, 6) is 0. The highest BCUT2D eigenvalue weighted by Crippen LogP contribution is 2.10. The number of rotatable bonds is 4. The summed E-state index contributed by atoms with van der Waals surface area (Å²) in [6.07, 6.45) is 0. The van der Waals surface area contributed by atoms with Crippen LogP contribution < -0.4 is 5.32 Å². The van der Waals surface area contributed by atoms with Crippen molar-refractivity contribution in [3.63, 3.8) is 0 Å². The van der Waals surface area contributed by atoms with Gasteiger partial charge in [-0.3, -0.25) is 4.90 Å². The van der Waals surface area contributed by atoms with Crippen molar-refractivity contribution in [3.8, 4) is 0 Å². The molecule has 5 nitrogen and oxygen atoms in total. The topological polar surface area (TPSA) is 48.5 Å². The molecular weight excluding hydrogens is 308 g/mol. The van der Waals surface area contributed by atoms with Gasteiger partial charge in [-0.15, -0.1) is 11.3 Å². The Bertz CT molecular complexity index is 636. The summed E-state index contributed by atoms with van der Waals surface area (Å²) in [5, 5.41) is 4.90. The van der Waals surface area contributed by atoms with Crippen LogP contribution in [-0.2, 0) is 13.1 Å². The lowest BCUT2D eigenvalue weighted by Gasteiger charge is -2.34. The van der Waals surface area contributed by atoms with Gasteiger partial charge in [0, 0.05) is 38.1 Å². The molecule has 2 amide bonds. The molecule has 1 saturated heterocycles. The monoisotopic (exact) mass is 330 g/mol. The molecule has 1 N–H and O–H groups in total. The van der Waals surface area contributed by atoms with Crippen LogP contribution in [0.15, 0.2) is 35.2 Å². The summed E-state index contributed by atoms with van der Waals surface area (Å²) in [5.41, 5.74) is 5.33. The molecule has 1 aromatic carbocycles. The van der Waals surface area contributed by atoms with Crippen LogP contribution in [0.1, 0.15) is 16.8 Å². The second-order valence-electron chi connectivity index (χ2n) is 5.89. The molecular formula is C17H22N4OS. The van der Waals surface area contributed by atoms with E-state index in [-0.39, 0.29) is 6.03 Å². The molecule has 1 fully saturated rings. The summed E-state index contributed by atoms with van der Waals surface area (Å²) in [6.45, 7) is 6.95. The van der Waals surface area contributed by atoms with E-state index in [0.717, 1.165) is 38.4 Å². The van der Waals surface area contributed by atoms with Gasteiger partial charge in [0.05, 0.1) is 17.7 Å². The van der Waals surface area contributed by atoms with E-state index in [1.807, 2.05) is 10.3 Å². The fraction of sp³-hybridized carbons (Fsp3) is 0.412. The molecule has 0 atom stereocenters. The number of amides is 2. The Labute approximate surface area is 140 Å². The van der Waals surface area contributed by atoms with Crippen molar-refractivity contribution in [2.45, 2.75) is 20.0 Å². The Hall–Kier alpha value is -1.92. The van der Waals surface area contributed by atoms with Crippen LogP contribution >= 0.6 is 11.3 Å². The molecule has 0 bridgehead atoms. The molecule has 0 aliphatic carbocycles. The zero-order valence-corrected chi connectivity index (χ0v) is 14.2. The highest BCUT2D eigenvalue weighted by molar-refractivity contribution is 7.07. The van der Waals surface area contributed by atoms with Gasteiger partial charge in [0.2, 0.25) is 0 Å². The van der Waals surface area contributed by atoms with Crippen molar-refractivity contribution in [3.05, 3.63) is 52.0 Å². The van der Waals surface area contributed by atoms with Crippen LogP contribution in [0.5, 0.6) is 0 Å². The maximum Gasteiger partial charge on any atom is 0.317 e. The zero-order chi connectivity index (χ0) is 16.1. The predicted octanol–water partition coefficient (Wildman–Crippen LogP) is 2.48. The third-order valence-corrected chi connectivity index (χ3v) is 4.69. The number of benzene rings is 1. The molecule has 0 unspecified atom stereocenters. The number of nitrogens with zero attached hydrogens (tertiary/aromatic N) is 3. The lowest BCUT2D eigenvalue weighted by molar-refractivity contribution is 0.135. The second-order valence-corrected chi connectivity index (χ2v) is 6.61. The Kier molecular flexibility index (Phi) is 5.25. The van der Waals surface area contributed by atoms with E-state index in [2.05, 4.69) is 46.4 Å². The minimum atomic E-state index is 0.00760. The lowest BCUT2D eigenvalue weighted by Crippen LogP contribution is -2.51. The summed E-state index contributed by atoms with van der Waals surface area (Å²) >= 11 is 1.55. The number of aromatic nitrogens is 1. The highest BCUT2D eigenvalue weighted by atomic mass is 32.1. The minimum Gasteiger partial charge on any atom is -0.332 e. The van der Waals surface area contributed by atoms with Crippen LogP contribution in [0.25, 0.3) is 0 Å². The molecule has 2 aromatic rings. The van der Waals surface area contributed by atoms with Crippen LogP contribution in [0, 0.1) is 6.92 Å². The van der Waals surface area contributed by atoms with Crippen LogP contribution in [0.2, 0.25) is 0 Å². The predicted molar refractivity (Wildman–Crippen MR) is 92.4 cm³/mol. The fourth-order valence-corrected chi connectivity index (χ4v) is 3.34. The Balaban J connectivity index is 1.43. The molecule has 0 saturated carbocycles. The maximum absolute atomic E-state index is 12.2. The summed E-state index contributed by atoms with van der Waals surface area (Å²) in [7, 11) is 0. The van der Waals surface area contributed by atoms with Crippen molar-refractivity contribution in [1.29, 1.82) is 0 Å². The van der Waals surface area contributed by atoms with Gasteiger partial charge in [0.25, 0.3) is 0 Å². The number of hydrogen-bond donors (Lipinski definition) is 1. The van der Waals surface area contributed by atoms with Crippen molar-refractivity contribution in [2.75, 3.05) is 26.2 Å². The first kappa shape index (κ1) is 16.0. The van der Waals surface area contributed by atoms with Gasteiger partial charge in [0.1, 0.15) is 0 Å². The zero-order valence-electron chi connectivity index (χ0n) is 13.4. The Morgan fingerprint density at radius 3 is 2.83 bits per heavy atom. The third kappa shape index (κ3) is 4.53. The lowest BCUT2D eigenvalue weighted by atomic mass is 10.1. The van der Waals surface area contributed by atoms with E-state index < -0.39 is 0 Å². The average Bonchev–Trinajstić information content (AvgIpc) is 3.07. The first-order chi connectivity index (χ1) is 11.2. The van der Waals surface area contributed by atoms with E-state index >= 15 is 0 Å². The SMILES string of the molecule is Cc1cccc(CN2CCN(C(=O)NCc3cscn3)CC2)c1. The maximum atomic E-state index is 12.2. The van der Waals surface area contributed by atoms with Crippen LogP contribution in [0.4, 0.5) is 4.79 Å². The second kappa shape index (κ2) is 7.57. The van der Waals surface area contributed by atoms with Gasteiger partial charge in [0.15, 0.2) is 0 Å². The van der Waals surface area contributed by atoms with E-state index in [4.69, 9.17) is 0 Å². The van der Waals surface area contributed by atoms with Crippen molar-refractivity contribution in [2.24, 2.45) is 0 Å². The molecule has 1 aliphatic heterocycles. The molecule has 3 rings (SSSR count). The van der Waals surface area contributed by atoms with Crippen molar-refractivity contribution in [1.82, 2.24) is 20.1 Å². The van der Waals surface area contributed by atoms with E-state index in [0.29, 0.717) is 6.54 Å². The summed E-state index contributed by atoms with van der Waals surface area (Å²) in [6, 6.07) is 8.63. The molecule has 23 heavy (non-hydrogen) atoms. The number of urea groups is 1. The van der Waals surface area contributed by atoms with Gasteiger partial charge in [-0.2, -0.15) is 0 Å². The number of carbonyl (C=O) groups is 1. The average molecular weight is 330 g/mol. The molecule has 0 radical (unpaired) electrons. The molecule has 1 aromatic heterocycles. The molecule has 2 heterocycles. The van der Waals surface area contributed by atoms with Gasteiger partial charge in [-0.05, 0) is 12.5 Å². The van der Waals surface area contributed by atoms with Gasteiger partial charge < -0.3 is 10.2 Å². The van der Waals surface area contributed by atoms with E-state index in [9.17, 15) is 4.79 Å². The fourth-order valence-electron chi connectivity index (χ4n) is 2.78. The highest BCUT2D eigenvalue weighted by Gasteiger charge is 2.20. The van der Waals surface area contributed by atoms with Crippen LogP contribution in [-0.4, -0.2) is 47.0 Å². The third-order valence-electron chi connectivity index (χ3n) is 4.05. The molecule has 0 spiro atoms. The van der Waals surface area contributed by atoms with Gasteiger partial charge in [-0.25, -0.2) is 9.78 Å². The molecule has 1 aliphatic rings. The standard InChI is InChI=1S/C17H22N4OS/c1-14-3-2-4-15(9-14)11-20-5-7-21(8-6-20)17(22)18-10-16-12-23-13-19-16/h2-4,9,12-13H,5-8,10-11H2,1H3,(H,18,22). The molecule has 122 valence electrons. The first-order valence-corrected chi connectivity index (χ1v) is 8.83. The van der Waals surface area contributed by atoms with Gasteiger partial charge in [-0.1, -0.05) is 29.8 Å². The van der Waals surface area contributed by atoms with Crippen LogP contribution in [0.3, 0.4) is 0 Å². The number of hydrogen-bond acceptors (Lipinski definition) is 4. The minimum absolute atomic E-state index is 0.00760. The Morgan fingerprint density at radius 1 is 1.30 bits per heavy atom. The quantitative estimate of drug-likeness (QED) is 0.937. The number of thiazole rings is 1. The number of nitrogens with one attached hydrogen (secondary N) is 1. The normalized spacial score (nSPS) is 15.6. The smallest absolute Gasteiger partial charge is 0.317 e. The summed E-state index contributed by atoms with van der Waals surface area (Å²) in [4.78, 5) is 20.6. The first-order valence-electron chi connectivity index (χ1n) is 7.88. The van der Waals surface area contributed by atoms with E-state index in [1.54, 1.807) is 16.8 Å². The van der Waals surface area contributed by atoms with E-state index in [1.165, 1.54) is 11.1 Å². The van der Waals surface area contributed by atoms with Crippen molar-refractivity contribution < 1.29 is 4.79 Å². The van der Waals surface area contributed by atoms with Gasteiger partial charge >= 0.3 is 6.03 Å². The summed E-state index contributed by atoms with van der Waals surface area (Å²) < 4.78 is 0. The largest absolute Gasteiger partial charge is 0.332 e. The number of aryl methyl sites for hydroxylation is 1. The number of piperazine rings is 1. The number of carbonyl (C=O) groups excluding carboxylic acids is 1. The van der Waals surface area contributed by atoms with Crippen molar-refractivity contribution >= 4 is 17.4 Å².